The van der Waals surface area contributed by atoms with Gasteiger partial charge in [0.15, 0.2) is 0 Å². The van der Waals surface area contributed by atoms with Crippen molar-refractivity contribution in [2.75, 3.05) is 6.54 Å². The molecule has 23 heavy (non-hydrogen) atoms. The fraction of sp³-hybridized carbons (Fsp3) is 0.500. The Kier molecular flexibility index (Phi) is 4.20. The van der Waals surface area contributed by atoms with Crippen molar-refractivity contribution in [1.82, 2.24) is 15.0 Å². The minimum absolute atomic E-state index is 0.111. The lowest BCUT2D eigenvalue weighted by atomic mass is 9.91. The molecule has 0 radical (unpaired) electrons. The van der Waals surface area contributed by atoms with Gasteiger partial charge in [0.2, 0.25) is 17.6 Å². The molecule has 1 aliphatic heterocycles. The van der Waals surface area contributed by atoms with Gasteiger partial charge < -0.3 is 9.42 Å². The van der Waals surface area contributed by atoms with Crippen molar-refractivity contribution in [2.24, 2.45) is 5.41 Å². The predicted molar refractivity (Wildman–Crippen MR) is 87.5 cm³/mol. The van der Waals surface area contributed by atoms with Crippen LogP contribution in [-0.2, 0) is 4.79 Å². The standard InChI is InChI=1S/C18H23N3O2/c1-18(2,3)17(22)21-12-8-7-11-14(21)16-19-15(20-23-16)13-9-5-4-6-10-13/h4-6,9-10,14H,7-8,11-12H2,1-3H3/t14-/m1/s1. The number of rotatable bonds is 2. The molecule has 1 aromatic heterocycles. The third kappa shape index (κ3) is 3.28. The third-order valence-electron chi connectivity index (χ3n) is 4.16. The van der Waals surface area contributed by atoms with E-state index in [9.17, 15) is 4.79 Å². The molecule has 0 unspecified atom stereocenters. The third-order valence-corrected chi connectivity index (χ3v) is 4.16. The van der Waals surface area contributed by atoms with Gasteiger partial charge in [-0.05, 0) is 19.3 Å². The molecule has 0 saturated carbocycles. The Balaban J connectivity index is 1.87. The lowest BCUT2D eigenvalue weighted by molar-refractivity contribution is -0.144. The number of carbonyl (C=O) groups excluding carboxylic acids is 1. The highest BCUT2D eigenvalue weighted by Gasteiger charge is 2.36. The SMILES string of the molecule is CC(C)(C)C(=O)N1CCCC[C@@H]1c1nc(-c2ccccc2)no1. The van der Waals surface area contributed by atoms with Crippen molar-refractivity contribution < 1.29 is 9.32 Å². The van der Waals surface area contributed by atoms with Crippen molar-refractivity contribution in [1.29, 1.82) is 0 Å². The quantitative estimate of drug-likeness (QED) is 0.845. The Morgan fingerprint density at radius 1 is 1.22 bits per heavy atom. The number of hydrogen-bond acceptors (Lipinski definition) is 4. The number of aromatic nitrogens is 2. The monoisotopic (exact) mass is 313 g/mol. The van der Waals surface area contributed by atoms with Crippen molar-refractivity contribution in [2.45, 2.75) is 46.1 Å². The van der Waals surface area contributed by atoms with E-state index >= 15 is 0 Å². The number of likely N-dealkylation sites (tertiary alicyclic amines) is 1. The maximum absolute atomic E-state index is 12.7. The topological polar surface area (TPSA) is 59.2 Å². The van der Waals surface area contributed by atoms with Crippen molar-refractivity contribution >= 4 is 5.91 Å². The lowest BCUT2D eigenvalue weighted by Crippen LogP contribution is -2.44. The van der Waals surface area contributed by atoms with Crippen LogP contribution in [0.25, 0.3) is 11.4 Å². The molecule has 5 nitrogen and oxygen atoms in total. The molecule has 1 aliphatic rings. The average molecular weight is 313 g/mol. The van der Waals surface area contributed by atoms with Crippen molar-refractivity contribution in [3.8, 4) is 11.4 Å². The zero-order valence-electron chi connectivity index (χ0n) is 14.0. The minimum Gasteiger partial charge on any atom is -0.337 e. The van der Waals surface area contributed by atoms with Gasteiger partial charge in [0.05, 0.1) is 0 Å². The summed E-state index contributed by atoms with van der Waals surface area (Å²) in [6, 6.07) is 9.64. The zero-order chi connectivity index (χ0) is 16.4. The first kappa shape index (κ1) is 15.7. The van der Waals surface area contributed by atoms with Gasteiger partial charge in [0.1, 0.15) is 6.04 Å². The lowest BCUT2D eigenvalue weighted by Gasteiger charge is -2.37. The van der Waals surface area contributed by atoms with Crippen LogP contribution in [0.1, 0.15) is 52.0 Å². The fourth-order valence-corrected chi connectivity index (χ4v) is 2.94. The second-order valence-electron chi connectivity index (χ2n) is 7.08. The number of nitrogens with zero attached hydrogens (tertiary/aromatic N) is 3. The van der Waals surface area contributed by atoms with E-state index in [2.05, 4.69) is 10.1 Å². The fourth-order valence-electron chi connectivity index (χ4n) is 2.94. The number of benzene rings is 1. The number of piperidine rings is 1. The molecule has 122 valence electrons. The van der Waals surface area contributed by atoms with Gasteiger partial charge in [-0.1, -0.05) is 56.3 Å². The second-order valence-corrected chi connectivity index (χ2v) is 7.08. The Labute approximate surface area is 136 Å². The van der Waals surface area contributed by atoms with Crippen molar-refractivity contribution in [3.63, 3.8) is 0 Å². The van der Waals surface area contributed by atoms with Crippen LogP contribution in [0, 0.1) is 5.41 Å². The molecular weight excluding hydrogens is 290 g/mol. The molecule has 1 atom stereocenters. The van der Waals surface area contributed by atoms with E-state index in [1.807, 2.05) is 56.0 Å². The Bertz CT molecular complexity index is 673. The summed E-state index contributed by atoms with van der Waals surface area (Å²) in [5, 5.41) is 4.09. The van der Waals surface area contributed by atoms with E-state index in [1.165, 1.54) is 0 Å². The predicted octanol–water partition coefficient (Wildman–Crippen LogP) is 3.84. The number of hydrogen-bond donors (Lipinski definition) is 0. The Morgan fingerprint density at radius 2 is 1.96 bits per heavy atom. The smallest absolute Gasteiger partial charge is 0.249 e. The van der Waals surface area contributed by atoms with Gasteiger partial charge in [-0.3, -0.25) is 4.79 Å². The highest BCUT2D eigenvalue weighted by atomic mass is 16.5. The van der Waals surface area contributed by atoms with Crippen LogP contribution in [0.15, 0.2) is 34.9 Å². The summed E-state index contributed by atoms with van der Waals surface area (Å²) in [5.41, 5.74) is 0.518. The van der Waals surface area contributed by atoms with Crippen LogP contribution in [-0.4, -0.2) is 27.5 Å². The van der Waals surface area contributed by atoms with Crippen LogP contribution in [0.5, 0.6) is 0 Å². The molecule has 1 amide bonds. The summed E-state index contributed by atoms with van der Waals surface area (Å²) < 4.78 is 5.50. The first-order valence-corrected chi connectivity index (χ1v) is 8.17. The van der Waals surface area contributed by atoms with Gasteiger partial charge in [-0.15, -0.1) is 0 Å². The summed E-state index contributed by atoms with van der Waals surface area (Å²) in [7, 11) is 0. The van der Waals surface area contributed by atoms with Gasteiger partial charge in [-0.2, -0.15) is 4.98 Å². The Hall–Kier alpha value is -2.17. The van der Waals surface area contributed by atoms with Crippen LogP contribution >= 0.6 is 0 Å². The van der Waals surface area contributed by atoms with Gasteiger partial charge in [-0.25, -0.2) is 0 Å². The minimum atomic E-state index is -0.405. The first-order chi connectivity index (χ1) is 11.0. The maximum atomic E-state index is 12.7. The van der Waals surface area contributed by atoms with Crippen LogP contribution in [0.2, 0.25) is 0 Å². The zero-order valence-corrected chi connectivity index (χ0v) is 14.0. The second kappa shape index (κ2) is 6.14. The average Bonchev–Trinajstić information content (AvgIpc) is 3.04. The van der Waals surface area contributed by atoms with E-state index in [4.69, 9.17) is 4.52 Å². The normalized spacial score (nSPS) is 18.9. The number of amides is 1. The highest BCUT2D eigenvalue weighted by Crippen LogP contribution is 2.34. The molecule has 3 rings (SSSR count). The van der Waals surface area contributed by atoms with E-state index < -0.39 is 5.41 Å². The molecule has 2 heterocycles. The van der Waals surface area contributed by atoms with E-state index in [1.54, 1.807) is 0 Å². The van der Waals surface area contributed by atoms with Gasteiger partial charge in [0.25, 0.3) is 0 Å². The van der Waals surface area contributed by atoms with Gasteiger partial charge in [0, 0.05) is 17.5 Å². The van der Waals surface area contributed by atoms with E-state index in [-0.39, 0.29) is 11.9 Å². The first-order valence-electron chi connectivity index (χ1n) is 8.17. The summed E-state index contributed by atoms with van der Waals surface area (Å²) in [6.07, 6.45) is 2.97. The largest absolute Gasteiger partial charge is 0.337 e. The molecule has 5 heteroatoms. The molecule has 0 N–H and O–H groups in total. The Morgan fingerprint density at radius 3 is 2.65 bits per heavy atom. The highest BCUT2D eigenvalue weighted by molar-refractivity contribution is 5.82. The van der Waals surface area contributed by atoms with Crippen molar-refractivity contribution in [3.05, 3.63) is 36.2 Å². The molecule has 2 aromatic rings. The summed E-state index contributed by atoms with van der Waals surface area (Å²) in [5.74, 6) is 1.26. The van der Waals surface area contributed by atoms with Gasteiger partial charge >= 0.3 is 0 Å². The van der Waals surface area contributed by atoms with E-state index in [0.717, 1.165) is 31.4 Å². The number of carbonyl (C=O) groups is 1. The molecular formula is C18H23N3O2. The molecule has 0 spiro atoms. The molecule has 0 bridgehead atoms. The summed E-state index contributed by atoms with van der Waals surface area (Å²) >= 11 is 0. The van der Waals surface area contributed by atoms with Crippen LogP contribution in [0.3, 0.4) is 0 Å². The summed E-state index contributed by atoms with van der Waals surface area (Å²) in [4.78, 5) is 19.2. The van der Waals surface area contributed by atoms with E-state index in [0.29, 0.717) is 11.7 Å². The van der Waals surface area contributed by atoms with Crippen LogP contribution < -0.4 is 0 Å². The van der Waals surface area contributed by atoms with Crippen LogP contribution in [0.4, 0.5) is 0 Å². The molecule has 1 aromatic carbocycles. The summed E-state index contributed by atoms with van der Waals surface area (Å²) in [6.45, 7) is 6.60. The molecule has 1 saturated heterocycles. The maximum Gasteiger partial charge on any atom is 0.249 e. The molecule has 1 fully saturated rings. The molecule has 0 aliphatic carbocycles.